The summed E-state index contributed by atoms with van der Waals surface area (Å²) in [5.74, 6) is 1.28. The highest BCUT2D eigenvalue weighted by Crippen LogP contribution is 2.36. The molecule has 0 unspecified atom stereocenters. The quantitative estimate of drug-likeness (QED) is 0.338. The van der Waals surface area contributed by atoms with E-state index in [1.807, 2.05) is 77.9 Å². The minimum absolute atomic E-state index is 0.0832. The molecule has 6 nitrogen and oxygen atoms in total. The second kappa shape index (κ2) is 12.6. The number of benzene rings is 2. The van der Waals surface area contributed by atoms with E-state index in [2.05, 4.69) is 19.2 Å². The molecule has 2 heterocycles. The Morgan fingerprint density at radius 1 is 1.14 bits per heavy atom. The molecule has 0 radical (unpaired) electrons. The standard InChI is InChI=1S/C29H34ClN3O3S/c1-20(2)16-22-19-32(14-13-31-22)29(35)28(26-10-7-15-37-26)33(27(34)18-30)25-12-11-24(17-21(25)3)36-23-8-5-4-6-9-23/h4-12,15,17,20,22,28,31H,13-14,16,18-19H2,1-3H3/t22-,28-/m0/s1. The molecule has 1 aliphatic rings. The van der Waals surface area contributed by atoms with E-state index < -0.39 is 6.04 Å². The minimum atomic E-state index is -0.788. The van der Waals surface area contributed by atoms with Gasteiger partial charge in [-0.15, -0.1) is 22.9 Å². The molecule has 1 N–H and O–H groups in total. The number of hydrogen-bond donors (Lipinski definition) is 1. The molecule has 2 aromatic carbocycles. The third kappa shape index (κ3) is 6.72. The molecule has 0 aliphatic carbocycles. The van der Waals surface area contributed by atoms with E-state index in [0.717, 1.165) is 29.2 Å². The number of amides is 2. The zero-order chi connectivity index (χ0) is 26.4. The summed E-state index contributed by atoms with van der Waals surface area (Å²) < 4.78 is 5.99. The molecular weight excluding hydrogens is 506 g/mol. The van der Waals surface area contributed by atoms with Crippen molar-refractivity contribution in [3.8, 4) is 11.5 Å². The average molecular weight is 540 g/mol. The monoisotopic (exact) mass is 539 g/mol. The Hall–Kier alpha value is -2.87. The summed E-state index contributed by atoms with van der Waals surface area (Å²) in [7, 11) is 0. The summed E-state index contributed by atoms with van der Waals surface area (Å²) in [6, 6.07) is 18.3. The zero-order valence-corrected chi connectivity index (χ0v) is 23.1. The van der Waals surface area contributed by atoms with E-state index in [-0.39, 0.29) is 23.7 Å². The van der Waals surface area contributed by atoms with Gasteiger partial charge in [0.1, 0.15) is 23.4 Å². The van der Waals surface area contributed by atoms with Gasteiger partial charge in [0.05, 0.1) is 0 Å². The maximum Gasteiger partial charge on any atom is 0.251 e. The number of nitrogens with zero attached hydrogens (tertiary/aromatic N) is 2. The van der Waals surface area contributed by atoms with Gasteiger partial charge in [0.15, 0.2) is 0 Å². The summed E-state index contributed by atoms with van der Waals surface area (Å²) in [5, 5.41) is 5.46. The third-order valence-electron chi connectivity index (χ3n) is 6.42. The van der Waals surface area contributed by atoms with Crippen LogP contribution in [-0.4, -0.2) is 48.3 Å². The minimum Gasteiger partial charge on any atom is -0.457 e. The summed E-state index contributed by atoms with van der Waals surface area (Å²) in [5.41, 5.74) is 1.46. The molecular formula is C29H34ClN3O3S. The van der Waals surface area contributed by atoms with Crippen LogP contribution in [0.1, 0.15) is 36.8 Å². The van der Waals surface area contributed by atoms with Gasteiger partial charge in [0.2, 0.25) is 5.91 Å². The van der Waals surface area contributed by atoms with Crippen molar-refractivity contribution in [1.29, 1.82) is 0 Å². The fourth-order valence-electron chi connectivity index (χ4n) is 4.80. The Balaban J connectivity index is 1.67. The molecule has 0 spiro atoms. The lowest BCUT2D eigenvalue weighted by Gasteiger charge is -2.39. The smallest absolute Gasteiger partial charge is 0.251 e. The first-order valence-corrected chi connectivity index (χ1v) is 14.1. The predicted octanol–water partition coefficient (Wildman–Crippen LogP) is 6.01. The summed E-state index contributed by atoms with van der Waals surface area (Å²) in [4.78, 5) is 31.8. The van der Waals surface area contributed by atoms with Crippen molar-refractivity contribution in [2.75, 3.05) is 30.4 Å². The van der Waals surface area contributed by atoms with Crippen LogP contribution < -0.4 is 15.0 Å². The van der Waals surface area contributed by atoms with Crippen LogP contribution in [0.15, 0.2) is 66.0 Å². The van der Waals surface area contributed by atoms with Gasteiger partial charge < -0.3 is 15.0 Å². The Bertz CT molecular complexity index is 1190. The van der Waals surface area contributed by atoms with Crippen LogP contribution in [0.25, 0.3) is 0 Å². The molecule has 3 aromatic rings. The van der Waals surface area contributed by atoms with Crippen LogP contribution in [0.4, 0.5) is 5.69 Å². The van der Waals surface area contributed by atoms with E-state index in [1.54, 1.807) is 4.90 Å². The van der Waals surface area contributed by atoms with Gasteiger partial charge in [-0.1, -0.05) is 38.1 Å². The molecule has 0 saturated carbocycles. The Labute approximate surface area is 228 Å². The topological polar surface area (TPSA) is 61.9 Å². The van der Waals surface area contributed by atoms with E-state index in [9.17, 15) is 9.59 Å². The Kier molecular flexibility index (Phi) is 9.24. The first kappa shape index (κ1) is 27.2. The first-order valence-electron chi connectivity index (χ1n) is 12.6. The largest absolute Gasteiger partial charge is 0.457 e. The zero-order valence-electron chi connectivity index (χ0n) is 21.5. The van der Waals surface area contributed by atoms with Crippen molar-refractivity contribution in [1.82, 2.24) is 10.2 Å². The van der Waals surface area contributed by atoms with Crippen molar-refractivity contribution in [3.63, 3.8) is 0 Å². The molecule has 0 bridgehead atoms. The van der Waals surface area contributed by atoms with Gasteiger partial charge in [0, 0.05) is 36.2 Å². The number of carbonyl (C=O) groups excluding carboxylic acids is 2. The van der Waals surface area contributed by atoms with Crippen LogP contribution in [0.3, 0.4) is 0 Å². The maximum atomic E-state index is 14.1. The molecule has 1 fully saturated rings. The molecule has 1 aromatic heterocycles. The van der Waals surface area contributed by atoms with Crippen LogP contribution in [0, 0.1) is 12.8 Å². The molecule has 8 heteroatoms. The lowest BCUT2D eigenvalue weighted by Crippen LogP contribution is -2.56. The second-order valence-electron chi connectivity index (χ2n) is 9.74. The summed E-state index contributed by atoms with van der Waals surface area (Å²) >= 11 is 7.59. The molecule has 37 heavy (non-hydrogen) atoms. The van der Waals surface area contributed by atoms with Crippen molar-refractivity contribution >= 4 is 40.4 Å². The number of thiophene rings is 1. The lowest BCUT2D eigenvalue weighted by molar-refractivity contribution is -0.135. The number of alkyl halides is 1. The van der Waals surface area contributed by atoms with Gasteiger partial charge >= 0.3 is 0 Å². The van der Waals surface area contributed by atoms with Crippen LogP contribution in [0.5, 0.6) is 11.5 Å². The molecule has 1 aliphatic heterocycles. The second-order valence-corrected chi connectivity index (χ2v) is 11.0. The molecule has 2 atom stereocenters. The number of ether oxygens (including phenoxy) is 1. The van der Waals surface area contributed by atoms with Crippen molar-refractivity contribution in [2.24, 2.45) is 5.92 Å². The van der Waals surface area contributed by atoms with Gasteiger partial charge in [-0.3, -0.25) is 14.5 Å². The molecule has 2 amide bonds. The van der Waals surface area contributed by atoms with Crippen LogP contribution in [-0.2, 0) is 9.59 Å². The molecule has 196 valence electrons. The van der Waals surface area contributed by atoms with Gasteiger partial charge in [-0.05, 0) is 66.6 Å². The highest BCUT2D eigenvalue weighted by atomic mass is 35.5. The fourth-order valence-corrected chi connectivity index (χ4v) is 5.74. The van der Waals surface area contributed by atoms with Crippen molar-refractivity contribution in [3.05, 3.63) is 76.5 Å². The molecule has 4 rings (SSSR count). The highest BCUT2D eigenvalue weighted by molar-refractivity contribution is 7.10. The van der Waals surface area contributed by atoms with Gasteiger partial charge in [-0.2, -0.15) is 0 Å². The number of piperazine rings is 1. The number of carbonyl (C=O) groups is 2. The number of rotatable bonds is 9. The number of hydrogen-bond acceptors (Lipinski definition) is 5. The predicted molar refractivity (Wildman–Crippen MR) is 151 cm³/mol. The van der Waals surface area contributed by atoms with Crippen LogP contribution in [0.2, 0.25) is 0 Å². The Morgan fingerprint density at radius 3 is 2.57 bits per heavy atom. The number of anilines is 1. The Morgan fingerprint density at radius 2 is 1.92 bits per heavy atom. The number of nitrogens with one attached hydrogen (secondary N) is 1. The van der Waals surface area contributed by atoms with Gasteiger partial charge in [-0.25, -0.2) is 0 Å². The maximum absolute atomic E-state index is 14.1. The van der Waals surface area contributed by atoms with Crippen LogP contribution >= 0.6 is 22.9 Å². The first-order chi connectivity index (χ1) is 17.9. The summed E-state index contributed by atoms with van der Waals surface area (Å²) in [6.45, 7) is 8.23. The normalized spacial score (nSPS) is 16.5. The van der Waals surface area contributed by atoms with E-state index in [0.29, 0.717) is 30.4 Å². The number of halogens is 1. The SMILES string of the molecule is Cc1cc(Oc2ccccc2)ccc1N(C(=O)CCl)[C@H](C(=O)N1CCN[C@@H](CC(C)C)C1)c1cccs1. The number of aryl methyl sites for hydroxylation is 1. The third-order valence-corrected chi connectivity index (χ3v) is 7.57. The lowest BCUT2D eigenvalue weighted by atomic mass is 10.0. The summed E-state index contributed by atoms with van der Waals surface area (Å²) in [6.07, 6.45) is 0.986. The van der Waals surface area contributed by atoms with E-state index in [4.69, 9.17) is 16.3 Å². The molecule has 1 saturated heterocycles. The van der Waals surface area contributed by atoms with E-state index >= 15 is 0 Å². The average Bonchev–Trinajstić information content (AvgIpc) is 3.42. The van der Waals surface area contributed by atoms with Gasteiger partial charge in [0.25, 0.3) is 5.91 Å². The van der Waals surface area contributed by atoms with E-state index in [1.165, 1.54) is 11.3 Å². The van der Waals surface area contributed by atoms with Crippen molar-refractivity contribution in [2.45, 2.75) is 39.3 Å². The fraction of sp³-hybridized carbons (Fsp3) is 0.379. The highest BCUT2D eigenvalue weighted by Gasteiger charge is 2.38. The number of para-hydroxylation sites is 1. The van der Waals surface area contributed by atoms with Crippen molar-refractivity contribution < 1.29 is 14.3 Å².